The van der Waals surface area contributed by atoms with E-state index in [0.717, 1.165) is 27.8 Å². The van der Waals surface area contributed by atoms with Crippen molar-refractivity contribution in [1.29, 1.82) is 0 Å². The number of hydrogen-bond donors (Lipinski definition) is 0. The average Bonchev–Trinajstić information content (AvgIpc) is 3.52. The van der Waals surface area contributed by atoms with Gasteiger partial charge in [-0.15, -0.1) is 0 Å². The van der Waals surface area contributed by atoms with Crippen LogP contribution in [0.4, 0.5) is 4.79 Å². The number of fused-ring (bicyclic) bond motifs is 3. The summed E-state index contributed by atoms with van der Waals surface area (Å²) in [5.74, 6) is -1.26. The Morgan fingerprint density at radius 3 is 2.00 bits per heavy atom. The van der Waals surface area contributed by atoms with Crippen LogP contribution < -0.4 is 0 Å². The molecule has 1 aliphatic heterocycles. The summed E-state index contributed by atoms with van der Waals surface area (Å²) in [5, 5.41) is 0.404. The molecule has 270 valence electrons. The van der Waals surface area contributed by atoms with Crippen LogP contribution in [0.5, 0.6) is 0 Å². The van der Waals surface area contributed by atoms with E-state index in [4.69, 9.17) is 25.8 Å². The minimum atomic E-state index is -1.47. The second kappa shape index (κ2) is 15.7. The van der Waals surface area contributed by atoms with Gasteiger partial charge < -0.3 is 19.1 Å². The molecule has 0 N–H and O–H groups in total. The van der Waals surface area contributed by atoms with Gasteiger partial charge in [0.15, 0.2) is 5.60 Å². The van der Waals surface area contributed by atoms with Gasteiger partial charge in [-0.25, -0.2) is 4.79 Å². The summed E-state index contributed by atoms with van der Waals surface area (Å²) in [5.41, 5.74) is 5.82. The van der Waals surface area contributed by atoms with Gasteiger partial charge in [0, 0.05) is 47.8 Å². The van der Waals surface area contributed by atoms with Gasteiger partial charge in [-0.3, -0.25) is 14.5 Å². The molecule has 1 heterocycles. The van der Waals surface area contributed by atoms with Gasteiger partial charge in [-0.05, 0) is 35.2 Å². The maximum atomic E-state index is 14.5. The molecular weight excluding hydrogens is 688 g/mol. The third-order valence-electron chi connectivity index (χ3n) is 10.2. The van der Waals surface area contributed by atoms with Crippen LogP contribution in [-0.4, -0.2) is 73.8 Å². The van der Waals surface area contributed by atoms with E-state index in [1.54, 1.807) is 11.0 Å². The third-order valence-corrected chi connectivity index (χ3v) is 10.5. The number of carbonyl (C=O) groups is 3. The molecular formula is C44H41ClN2O6. The van der Waals surface area contributed by atoms with Gasteiger partial charge in [-0.1, -0.05) is 138 Å². The van der Waals surface area contributed by atoms with Crippen LogP contribution in [0.25, 0.3) is 11.1 Å². The average molecular weight is 729 g/mol. The molecule has 0 aromatic heterocycles. The van der Waals surface area contributed by atoms with Crippen LogP contribution in [0.15, 0.2) is 127 Å². The third kappa shape index (κ3) is 7.17. The first kappa shape index (κ1) is 35.9. The number of nitrogens with zero attached hydrogens (tertiary/aromatic N) is 2. The normalized spacial score (nSPS) is 15.4. The lowest BCUT2D eigenvalue weighted by Gasteiger charge is -2.37. The summed E-state index contributed by atoms with van der Waals surface area (Å²) in [7, 11) is 1.49. The number of benzene rings is 5. The standard InChI is InChI=1S/C44H41ClN2O6/c1-30-20-22-32(23-21-30)44(31-12-4-3-5-13-31,38-18-10-11-19-39(38)45)53-41(48)28-40(42(49)47-24-26-51-27-25-47)46(2)43(50)52-29-37-35-16-8-6-14-33(35)34-15-7-9-17-36(34)37/h3-23,37,40H,24-29H2,1-2H3/t40-,44?/m0/s1. The zero-order valence-corrected chi connectivity index (χ0v) is 30.5. The number of ether oxygens (including phenoxy) is 3. The summed E-state index contributed by atoms with van der Waals surface area (Å²) in [6.07, 6.45) is -1.15. The Balaban J connectivity index is 1.20. The topological polar surface area (TPSA) is 85.4 Å². The van der Waals surface area contributed by atoms with Crippen molar-refractivity contribution in [1.82, 2.24) is 9.80 Å². The highest BCUT2D eigenvalue weighted by atomic mass is 35.5. The van der Waals surface area contributed by atoms with Crippen LogP contribution in [-0.2, 0) is 29.4 Å². The van der Waals surface area contributed by atoms with Crippen LogP contribution >= 0.6 is 11.6 Å². The van der Waals surface area contributed by atoms with E-state index in [9.17, 15) is 14.4 Å². The number of hydrogen-bond acceptors (Lipinski definition) is 6. The van der Waals surface area contributed by atoms with Gasteiger partial charge >= 0.3 is 12.1 Å². The van der Waals surface area contributed by atoms with Crippen molar-refractivity contribution >= 4 is 29.6 Å². The van der Waals surface area contributed by atoms with Crippen LogP contribution in [0, 0.1) is 6.92 Å². The lowest BCUT2D eigenvalue weighted by Crippen LogP contribution is -2.53. The number of rotatable bonds is 10. The zero-order valence-electron chi connectivity index (χ0n) is 29.7. The molecule has 1 aliphatic carbocycles. The van der Waals surface area contributed by atoms with Crippen molar-refractivity contribution in [3.8, 4) is 11.1 Å². The molecule has 1 fully saturated rings. The van der Waals surface area contributed by atoms with Crippen molar-refractivity contribution in [2.45, 2.75) is 30.9 Å². The number of halogens is 1. The Morgan fingerprint density at radius 2 is 1.36 bits per heavy atom. The highest BCUT2D eigenvalue weighted by molar-refractivity contribution is 6.31. The van der Waals surface area contributed by atoms with Crippen molar-refractivity contribution < 1.29 is 28.6 Å². The maximum absolute atomic E-state index is 14.5. The molecule has 2 atom stereocenters. The van der Waals surface area contributed by atoms with E-state index in [-0.39, 0.29) is 18.4 Å². The maximum Gasteiger partial charge on any atom is 0.410 e. The summed E-state index contributed by atoms with van der Waals surface area (Å²) in [6, 6.07) is 39.3. The number of amides is 2. The molecule has 1 saturated heterocycles. The predicted octanol–water partition coefficient (Wildman–Crippen LogP) is 7.98. The predicted molar refractivity (Wildman–Crippen MR) is 204 cm³/mol. The molecule has 5 aromatic carbocycles. The Morgan fingerprint density at radius 1 is 0.792 bits per heavy atom. The van der Waals surface area contributed by atoms with Crippen molar-refractivity contribution in [3.63, 3.8) is 0 Å². The lowest BCUT2D eigenvalue weighted by atomic mass is 9.79. The molecule has 0 radical (unpaired) electrons. The zero-order chi connectivity index (χ0) is 37.0. The molecule has 0 spiro atoms. The lowest BCUT2D eigenvalue weighted by molar-refractivity contribution is -0.158. The smallest absolute Gasteiger partial charge is 0.410 e. The highest BCUT2D eigenvalue weighted by Gasteiger charge is 2.44. The molecule has 2 amide bonds. The Hall–Kier alpha value is -5.44. The monoisotopic (exact) mass is 728 g/mol. The van der Waals surface area contributed by atoms with Crippen molar-refractivity contribution in [2.75, 3.05) is 40.0 Å². The molecule has 8 nitrogen and oxygen atoms in total. The molecule has 0 saturated carbocycles. The summed E-state index contributed by atoms with van der Waals surface area (Å²) in [6.45, 7) is 3.43. The molecule has 5 aromatic rings. The molecule has 53 heavy (non-hydrogen) atoms. The largest absolute Gasteiger partial charge is 0.448 e. The quantitative estimate of drug-likeness (QED) is 0.107. The first-order chi connectivity index (χ1) is 25.8. The van der Waals surface area contributed by atoms with Crippen LogP contribution in [0.1, 0.15) is 45.7 Å². The number of carbonyl (C=O) groups excluding carboxylic acids is 3. The molecule has 9 heteroatoms. The minimum Gasteiger partial charge on any atom is -0.448 e. The van der Waals surface area contributed by atoms with Gasteiger partial charge in [0.05, 0.1) is 19.6 Å². The summed E-state index contributed by atoms with van der Waals surface area (Å²) >= 11 is 6.89. The first-order valence-corrected chi connectivity index (χ1v) is 18.2. The number of aryl methyl sites for hydroxylation is 1. The Bertz CT molecular complexity index is 2050. The van der Waals surface area contributed by atoms with E-state index in [0.29, 0.717) is 48.0 Å². The molecule has 1 unspecified atom stereocenters. The highest BCUT2D eigenvalue weighted by Crippen LogP contribution is 2.45. The molecule has 2 aliphatic rings. The molecule has 7 rings (SSSR count). The first-order valence-electron chi connectivity index (χ1n) is 17.8. The Kier molecular flexibility index (Phi) is 10.6. The SMILES string of the molecule is Cc1ccc(C(OC(=O)C[C@@H](C(=O)N2CCOCC2)N(C)C(=O)OCC2c3ccccc3-c3ccccc32)(c2ccccc2)c2ccccc2Cl)cc1. The second-order valence-corrected chi connectivity index (χ2v) is 13.8. The van der Waals surface area contributed by atoms with Gasteiger partial charge in [0.1, 0.15) is 12.6 Å². The number of likely N-dealkylation sites (N-methyl/N-ethyl adjacent to an activating group) is 1. The van der Waals surface area contributed by atoms with Crippen molar-refractivity contribution in [2.24, 2.45) is 0 Å². The van der Waals surface area contributed by atoms with Gasteiger partial charge in [0.25, 0.3) is 0 Å². The summed E-state index contributed by atoms with van der Waals surface area (Å²) in [4.78, 5) is 45.4. The van der Waals surface area contributed by atoms with E-state index in [1.807, 2.05) is 116 Å². The van der Waals surface area contributed by atoms with Gasteiger partial charge in [-0.2, -0.15) is 0 Å². The van der Waals surface area contributed by atoms with Gasteiger partial charge in [0.2, 0.25) is 5.91 Å². The second-order valence-electron chi connectivity index (χ2n) is 13.4. The van der Waals surface area contributed by atoms with E-state index in [1.165, 1.54) is 11.9 Å². The van der Waals surface area contributed by atoms with Crippen LogP contribution in [0.2, 0.25) is 5.02 Å². The van der Waals surface area contributed by atoms with E-state index < -0.39 is 30.1 Å². The fraction of sp³-hybridized carbons (Fsp3) is 0.250. The fourth-order valence-corrected chi connectivity index (χ4v) is 7.70. The molecule has 0 bridgehead atoms. The van der Waals surface area contributed by atoms with E-state index in [2.05, 4.69) is 12.1 Å². The van der Waals surface area contributed by atoms with E-state index >= 15 is 0 Å². The number of morpholine rings is 1. The Labute approximate surface area is 314 Å². The van der Waals surface area contributed by atoms with Crippen molar-refractivity contribution in [3.05, 3.63) is 166 Å². The minimum absolute atomic E-state index is 0.0666. The fourth-order valence-electron chi connectivity index (χ4n) is 7.44. The number of esters is 1. The van der Waals surface area contributed by atoms with Crippen LogP contribution in [0.3, 0.4) is 0 Å². The summed E-state index contributed by atoms with van der Waals surface area (Å²) < 4.78 is 18.1.